The number of aromatic nitrogens is 2. The van der Waals surface area contributed by atoms with Gasteiger partial charge in [-0.3, -0.25) is 4.98 Å². The van der Waals surface area contributed by atoms with Gasteiger partial charge in [0.25, 0.3) is 0 Å². The average molecular weight is 187 g/mol. The molecule has 0 fully saturated rings. The molecule has 1 atom stereocenters. The average Bonchev–Trinajstić information content (AvgIpc) is 2.74. The van der Waals surface area contributed by atoms with E-state index in [-0.39, 0.29) is 5.92 Å². The molecule has 0 aromatic carbocycles. The van der Waals surface area contributed by atoms with Gasteiger partial charge in [-0.2, -0.15) is 0 Å². The molecule has 72 valence electrons. The van der Waals surface area contributed by atoms with E-state index in [4.69, 9.17) is 5.73 Å². The van der Waals surface area contributed by atoms with Crippen molar-refractivity contribution in [3.63, 3.8) is 0 Å². The second kappa shape index (κ2) is 4.07. The van der Waals surface area contributed by atoms with Crippen LogP contribution in [-0.4, -0.2) is 16.5 Å². The van der Waals surface area contributed by atoms with Crippen LogP contribution in [0.2, 0.25) is 0 Å². The molecule has 0 aliphatic heterocycles. The lowest BCUT2D eigenvalue weighted by atomic mass is 10.0. The van der Waals surface area contributed by atoms with Gasteiger partial charge in [-0.25, -0.2) is 0 Å². The first-order valence-electron chi connectivity index (χ1n) is 4.66. The third kappa shape index (κ3) is 1.67. The summed E-state index contributed by atoms with van der Waals surface area (Å²) in [5.74, 6) is 0.172. The number of nitrogens with zero attached hydrogens (tertiary/aromatic N) is 1. The van der Waals surface area contributed by atoms with Gasteiger partial charge < -0.3 is 10.7 Å². The molecule has 0 spiro atoms. The van der Waals surface area contributed by atoms with Gasteiger partial charge in [-0.15, -0.1) is 0 Å². The normalized spacial score (nSPS) is 12.6. The topological polar surface area (TPSA) is 54.7 Å². The number of nitrogens with two attached hydrogens (primary N) is 1. The van der Waals surface area contributed by atoms with Crippen molar-refractivity contribution in [2.24, 2.45) is 5.73 Å². The predicted molar refractivity (Wildman–Crippen MR) is 55.9 cm³/mol. The summed E-state index contributed by atoms with van der Waals surface area (Å²) >= 11 is 0. The maximum Gasteiger partial charge on any atom is 0.0536 e. The summed E-state index contributed by atoms with van der Waals surface area (Å²) in [6.45, 7) is 0.567. The number of aromatic amines is 1. The SMILES string of the molecule is NCC(c1ccccn1)c1ccc[nH]1. The van der Waals surface area contributed by atoms with Crippen molar-refractivity contribution >= 4 is 0 Å². The van der Waals surface area contributed by atoms with Crippen LogP contribution in [-0.2, 0) is 0 Å². The molecule has 0 saturated heterocycles. The standard InChI is InChI=1S/C11H13N3/c12-8-9(11-5-3-7-14-11)10-4-1-2-6-13-10/h1-7,9,14H,8,12H2. The zero-order valence-corrected chi connectivity index (χ0v) is 7.85. The van der Waals surface area contributed by atoms with E-state index in [1.807, 2.05) is 36.5 Å². The Morgan fingerprint density at radius 1 is 1.29 bits per heavy atom. The summed E-state index contributed by atoms with van der Waals surface area (Å²) in [4.78, 5) is 7.47. The molecule has 3 nitrogen and oxygen atoms in total. The summed E-state index contributed by atoms with van der Waals surface area (Å²) in [7, 11) is 0. The van der Waals surface area contributed by atoms with Gasteiger partial charge in [-0.05, 0) is 24.3 Å². The van der Waals surface area contributed by atoms with Gasteiger partial charge in [0, 0.05) is 24.6 Å². The zero-order valence-electron chi connectivity index (χ0n) is 7.85. The van der Waals surface area contributed by atoms with Gasteiger partial charge in [0.15, 0.2) is 0 Å². The summed E-state index contributed by atoms with van der Waals surface area (Å²) in [6, 6.07) is 9.89. The molecule has 1 unspecified atom stereocenters. The highest BCUT2D eigenvalue weighted by molar-refractivity contribution is 5.23. The van der Waals surface area contributed by atoms with E-state index in [2.05, 4.69) is 9.97 Å². The molecule has 0 radical (unpaired) electrons. The van der Waals surface area contributed by atoms with Gasteiger partial charge in [0.1, 0.15) is 0 Å². The number of nitrogens with one attached hydrogen (secondary N) is 1. The maximum atomic E-state index is 5.74. The van der Waals surface area contributed by atoms with Crippen LogP contribution >= 0.6 is 0 Å². The lowest BCUT2D eigenvalue weighted by molar-refractivity contribution is 0.766. The molecule has 0 amide bonds. The second-order valence-corrected chi connectivity index (χ2v) is 3.17. The highest BCUT2D eigenvalue weighted by Crippen LogP contribution is 2.19. The fourth-order valence-corrected chi connectivity index (χ4v) is 1.55. The minimum atomic E-state index is 0.172. The summed E-state index contributed by atoms with van der Waals surface area (Å²) < 4.78 is 0. The quantitative estimate of drug-likeness (QED) is 0.765. The highest BCUT2D eigenvalue weighted by Gasteiger charge is 2.13. The Morgan fingerprint density at radius 2 is 2.21 bits per heavy atom. The minimum Gasteiger partial charge on any atom is -0.364 e. The summed E-state index contributed by atoms with van der Waals surface area (Å²) in [6.07, 6.45) is 3.70. The molecule has 2 heterocycles. The molecule has 14 heavy (non-hydrogen) atoms. The minimum absolute atomic E-state index is 0.172. The van der Waals surface area contributed by atoms with Crippen LogP contribution in [0.1, 0.15) is 17.3 Å². The number of pyridine rings is 1. The van der Waals surface area contributed by atoms with E-state index in [0.717, 1.165) is 11.4 Å². The van der Waals surface area contributed by atoms with Gasteiger partial charge >= 0.3 is 0 Å². The fourth-order valence-electron chi connectivity index (χ4n) is 1.55. The summed E-state index contributed by atoms with van der Waals surface area (Å²) in [5.41, 5.74) is 7.86. The Labute approximate surface area is 83.0 Å². The maximum absolute atomic E-state index is 5.74. The number of rotatable bonds is 3. The molecule has 0 aliphatic rings. The van der Waals surface area contributed by atoms with Crippen LogP contribution in [0.25, 0.3) is 0 Å². The van der Waals surface area contributed by atoms with Crippen molar-refractivity contribution in [3.8, 4) is 0 Å². The van der Waals surface area contributed by atoms with Crippen molar-refractivity contribution in [3.05, 3.63) is 54.1 Å². The first-order chi connectivity index (χ1) is 6.92. The number of H-pyrrole nitrogens is 1. The molecule has 0 bridgehead atoms. The number of hydrogen-bond donors (Lipinski definition) is 2. The van der Waals surface area contributed by atoms with Crippen molar-refractivity contribution in [2.75, 3.05) is 6.54 Å². The van der Waals surface area contributed by atoms with Crippen LogP contribution in [0.15, 0.2) is 42.7 Å². The molecule has 2 aromatic heterocycles. The third-order valence-electron chi connectivity index (χ3n) is 2.28. The van der Waals surface area contributed by atoms with Crippen molar-refractivity contribution in [1.29, 1.82) is 0 Å². The Bertz CT molecular complexity index is 367. The molecular weight excluding hydrogens is 174 g/mol. The van der Waals surface area contributed by atoms with Crippen molar-refractivity contribution < 1.29 is 0 Å². The molecule has 3 heteroatoms. The second-order valence-electron chi connectivity index (χ2n) is 3.17. The van der Waals surface area contributed by atoms with E-state index in [0.29, 0.717) is 6.54 Å². The van der Waals surface area contributed by atoms with E-state index in [1.54, 1.807) is 6.20 Å². The van der Waals surface area contributed by atoms with Crippen LogP contribution < -0.4 is 5.73 Å². The largest absolute Gasteiger partial charge is 0.364 e. The number of hydrogen-bond acceptors (Lipinski definition) is 2. The molecule has 3 N–H and O–H groups in total. The predicted octanol–water partition coefficient (Wildman–Crippen LogP) is 1.50. The van der Waals surface area contributed by atoms with Crippen LogP contribution in [0.4, 0.5) is 0 Å². The van der Waals surface area contributed by atoms with Gasteiger partial charge in [0.05, 0.1) is 11.6 Å². The van der Waals surface area contributed by atoms with Crippen molar-refractivity contribution in [1.82, 2.24) is 9.97 Å². The fraction of sp³-hybridized carbons (Fsp3) is 0.182. The Balaban J connectivity index is 2.31. The molecule has 0 saturated carbocycles. The van der Waals surface area contributed by atoms with Crippen molar-refractivity contribution in [2.45, 2.75) is 5.92 Å². The van der Waals surface area contributed by atoms with E-state index in [1.165, 1.54) is 0 Å². The van der Waals surface area contributed by atoms with Crippen LogP contribution in [0, 0.1) is 0 Å². The molecule has 2 aromatic rings. The lowest BCUT2D eigenvalue weighted by Gasteiger charge is -2.11. The Morgan fingerprint density at radius 3 is 2.79 bits per heavy atom. The lowest BCUT2D eigenvalue weighted by Crippen LogP contribution is -2.15. The van der Waals surface area contributed by atoms with E-state index in [9.17, 15) is 0 Å². The Hall–Kier alpha value is -1.61. The first kappa shape index (κ1) is 8.97. The monoisotopic (exact) mass is 187 g/mol. The molecule has 0 aliphatic carbocycles. The third-order valence-corrected chi connectivity index (χ3v) is 2.28. The van der Waals surface area contributed by atoms with Gasteiger partial charge in [0.2, 0.25) is 0 Å². The Kier molecular flexibility index (Phi) is 2.60. The van der Waals surface area contributed by atoms with Crippen LogP contribution in [0.5, 0.6) is 0 Å². The smallest absolute Gasteiger partial charge is 0.0536 e. The first-order valence-corrected chi connectivity index (χ1v) is 4.66. The van der Waals surface area contributed by atoms with E-state index >= 15 is 0 Å². The van der Waals surface area contributed by atoms with Crippen LogP contribution in [0.3, 0.4) is 0 Å². The molecule has 2 rings (SSSR count). The summed E-state index contributed by atoms with van der Waals surface area (Å²) in [5, 5.41) is 0. The molecular formula is C11H13N3. The van der Waals surface area contributed by atoms with Gasteiger partial charge in [-0.1, -0.05) is 6.07 Å². The van der Waals surface area contributed by atoms with E-state index < -0.39 is 0 Å². The zero-order chi connectivity index (χ0) is 9.80. The highest BCUT2D eigenvalue weighted by atomic mass is 14.8.